The van der Waals surface area contributed by atoms with Crippen molar-refractivity contribution in [2.45, 2.75) is 26.2 Å². The number of nitrogens with zero attached hydrogens (tertiary/aromatic N) is 2. The average Bonchev–Trinajstić information content (AvgIpc) is 2.56. The van der Waals surface area contributed by atoms with Crippen LogP contribution in [0.25, 0.3) is 0 Å². The number of aryl methyl sites for hydroxylation is 2. The molecule has 0 saturated heterocycles. The molecule has 0 aliphatic rings. The summed E-state index contributed by atoms with van der Waals surface area (Å²) in [6.07, 6.45) is 4.83. The first kappa shape index (κ1) is 10.8. The second-order valence-electron chi connectivity index (χ2n) is 3.25. The molecule has 0 radical (unpaired) electrons. The highest BCUT2D eigenvalue weighted by Gasteiger charge is 2.11. The van der Waals surface area contributed by atoms with Crippen molar-refractivity contribution in [1.29, 1.82) is 0 Å². The topological polar surface area (TPSA) is 44.1 Å². The van der Waals surface area contributed by atoms with Gasteiger partial charge in [0.1, 0.15) is 5.82 Å². The molecule has 78 valence electrons. The number of carbonyl (C=O) groups excluding carboxylic acids is 1. The third-order valence-electron chi connectivity index (χ3n) is 2.12. The maximum Gasteiger partial charge on any atom is 0.358 e. The lowest BCUT2D eigenvalue weighted by Gasteiger charge is -1.97. The average molecular weight is 196 g/mol. The van der Waals surface area contributed by atoms with Crippen LogP contribution >= 0.6 is 0 Å². The molecule has 1 heterocycles. The fourth-order valence-corrected chi connectivity index (χ4v) is 1.27. The maximum atomic E-state index is 11.2. The van der Waals surface area contributed by atoms with Crippen molar-refractivity contribution >= 4 is 5.97 Å². The van der Waals surface area contributed by atoms with Gasteiger partial charge in [-0.25, -0.2) is 9.78 Å². The van der Waals surface area contributed by atoms with Crippen LogP contribution in [0, 0.1) is 0 Å². The Bertz CT molecular complexity index is 318. The number of unbranched alkanes of at least 4 members (excludes halogenated alkanes) is 1. The van der Waals surface area contributed by atoms with Crippen LogP contribution in [0.5, 0.6) is 0 Å². The minimum absolute atomic E-state index is 0.372. The minimum Gasteiger partial charge on any atom is -0.464 e. The molecule has 4 nitrogen and oxygen atoms in total. The second kappa shape index (κ2) is 4.79. The van der Waals surface area contributed by atoms with Gasteiger partial charge in [0.05, 0.1) is 7.11 Å². The van der Waals surface area contributed by atoms with Gasteiger partial charge >= 0.3 is 5.97 Å². The van der Waals surface area contributed by atoms with Crippen molar-refractivity contribution in [2.75, 3.05) is 7.11 Å². The van der Waals surface area contributed by atoms with Gasteiger partial charge in [-0.3, -0.25) is 0 Å². The molecule has 14 heavy (non-hydrogen) atoms. The molecule has 1 aromatic rings. The van der Waals surface area contributed by atoms with Gasteiger partial charge in [-0.15, -0.1) is 0 Å². The first-order valence-corrected chi connectivity index (χ1v) is 4.79. The summed E-state index contributed by atoms with van der Waals surface area (Å²) in [5.41, 5.74) is 0.390. The fourth-order valence-electron chi connectivity index (χ4n) is 1.27. The first-order valence-electron chi connectivity index (χ1n) is 4.79. The molecule has 0 atom stereocenters. The quantitative estimate of drug-likeness (QED) is 0.686. The van der Waals surface area contributed by atoms with E-state index in [1.807, 2.05) is 11.6 Å². The van der Waals surface area contributed by atoms with E-state index in [0.717, 1.165) is 25.1 Å². The van der Waals surface area contributed by atoms with Crippen molar-refractivity contribution in [3.63, 3.8) is 0 Å². The Hall–Kier alpha value is -1.32. The van der Waals surface area contributed by atoms with Crippen LogP contribution in [0.2, 0.25) is 0 Å². The Balaban J connectivity index is 2.76. The largest absolute Gasteiger partial charge is 0.464 e. The maximum absolute atomic E-state index is 11.2. The van der Waals surface area contributed by atoms with Crippen LogP contribution in [-0.4, -0.2) is 22.6 Å². The third kappa shape index (κ3) is 2.34. The highest BCUT2D eigenvalue weighted by atomic mass is 16.5. The lowest BCUT2D eigenvalue weighted by Crippen LogP contribution is -2.01. The molecule has 0 unspecified atom stereocenters. The van der Waals surface area contributed by atoms with E-state index in [1.165, 1.54) is 7.11 Å². The summed E-state index contributed by atoms with van der Waals surface area (Å²) in [4.78, 5) is 15.4. The summed E-state index contributed by atoms with van der Waals surface area (Å²) in [6, 6.07) is 0. The van der Waals surface area contributed by atoms with E-state index in [9.17, 15) is 4.79 Å². The Morgan fingerprint density at radius 2 is 2.36 bits per heavy atom. The lowest BCUT2D eigenvalue weighted by molar-refractivity contribution is 0.0594. The number of hydrogen-bond acceptors (Lipinski definition) is 3. The molecule has 0 aliphatic heterocycles. The number of carbonyl (C=O) groups is 1. The highest BCUT2D eigenvalue weighted by molar-refractivity contribution is 5.86. The van der Waals surface area contributed by atoms with Gasteiger partial charge in [-0.2, -0.15) is 0 Å². The van der Waals surface area contributed by atoms with Crippen LogP contribution in [0.15, 0.2) is 6.20 Å². The molecule has 0 saturated carbocycles. The second-order valence-corrected chi connectivity index (χ2v) is 3.25. The molecular formula is C10H16N2O2. The van der Waals surface area contributed by atoms with E-state index >= 15 is 0 Å². The van der Waals surface area contributed by atoms with E-state index in [0.29, 0.717) is 5.69 Å². The van der Waals surface area contributed by atoms with Crippen LogP contribution in [0.1, 0.15) is 36.1 Å². The van der Waals surface area contributed by atoms with E-state index in [1.54, 1.807) is 6.20 Å². The monoisotopic (exact) mass is 196 g/mol. The summed E-state index contributed by atoms with van der Waals surface area (Å²) in [7, 11) is 3.26. The molecule has 4 heteroatoms. The van der Waals surface area contributed by atoms with Gasteiger partial charge in [-0.05, 0) is 6.42 Å². The molecule has 0 spiro atoms. The molecule has 0 bridgehead atoms. The molecule has 0 aliphatic carbocycles. The third-order valence-corrected chi connectivity index (χ3v) is 2.12. The number of hydrogen-bond donors (Lipinski definition) is 0. The van der Waals surface area contributed by atoms with E-state index < -0.39 is 0 Å². The van der Waals surface area contributed by atoms with E-state index in [-0.39, 0.29) is 5.97 Å². The zero-order chi connectivity index (χ0) is 10.6. The number of aromatic nitrogens is 2. The van der Waals surface area contributed by atoms with Crippen LogP contribution < -0.4 is 0 Å². The SMILES string of the molecule is CCCCc1nc(C(=O)OC)cn1C. The van der Waals surface area contributed by atoms with Crippen molar-refractivity contribution in [1.82, 2.24) is 9.55 Å². The Morgan fingerprint density at radius 1 is 1.64 bits per heavy atom. The molecule has 0 amide bonds. The number of methoxy groups -OCH3 is 1. The van der Waals surface area contributed by atoms with Gasteiger partial charge in [0.25, 0.3) is 0 Å². The standard InChI is InChI=1S/C10H16N2O2/c1-4-5-6-9-11-8(7-12(9)2)10(13)14-3/h7H,4-6H2,1-3H3. The number of rotatable bonds is 4. The summed E-state index contributed by atoms with van der Waals surface area (Å²) in [5, 5.41) is 0. The van der Waals surface area contributed by atoms with E-state index in [2.05, 4.69) is 16.6 Å². The zero-order valence-electron chi connectivity index (χ0n) is 8.91. The van der Waals surface area contributed by atoms with Crippen molar-refractivity contribution in [3.8, 4) is 0 Å². The van der Waals surface area contributed by atoms with Gasteiger partial charge in [-0.1, -0.05) is 13.3 Å². The Kier molecular flexibility index (Phi) is 3.68. The van der Waals surface area contributed by atoms with Crippen LogP contribution in [0.3, 0.4) is 0 Å². The van der Waals surface area contributed by atoms with Gasteiger partial charge in [0, 0.05) is 19.7 Å². The van der Waals surface area contributed by atoms with Crippen LogP contribution in [0.4, 0.5) is 0 Å². The van der Waals surface area contributed by atoms with Gasteiger partial charge in [0.2, 0.25) is 0 Å². The van der Waals surface area contributed by atoms with Crippen molar-refractivity contribution < 1.29 is 9.53 Å². The predicted molar refractivity (Wildman–Crippen MR) is 53.2 cm³/mol. The summed E-state index contributed by atoms with van der Waals surface area (Å²) < 4.78 is 6.47. The molecule has 1 aromatic heterocycles. The normalized spacial score (nSPS) is 10.2. The van der Waals surface area contributed by atoms with Gasteiger partial charge < -0.3 is 9.30 Å². The van der Waals surface area contributed by atoms with Crippen molar-refractivity contribution in [2.24, 2.45) is 7.05 Å². The zero-order valence-corrected chi connectivity index (χ0v) is 8.91. The smallest absolute Gasteiger partial charge is 0.358 e. The number of ether oxygens (including phenoxy) is 1. The van der Waals surface area contributed by atoms with Crippen LogP contribution in [-0.2, 0) is 18.2 Å². The Morgan fingerprint density at radius 3 is 2.93 bits per heavy atom. The number of imidazole rings is 1. The molecular weight excluding hydrogens is 180 g/mol. The lowest BCUT2D eigenvalue weighted by atomic mass is 10.2. The number of esters is 1. The van der Waals surface area contributed by atoms with E-state index in [4.69, 9.17) is 0 Å². The highest BCUT2D eigenvalue weighted by Crippen LogP contribution is 2.06. The molecule has 0 aromatic carbocycles. The molecule has 1 rings (SSSR count). The predicted octanol–water partition coefficient (Wildman–Crippen LogP) is 1.55. The molecule has 0 N–H and O–H groups in total. The molecule has 0 fully saturated rings. The van der Waals surface area contributed by atoms with Gasteiger partial charge in [0.15, 0.2) is 5.69 Å². The summed E-state index contributed by atoms with van der Waals surface area (Å²) >= 11 is 0. The van der Waals surface area contributed by atoms with Crippen molar-refractivity contribution in [3.05, 3.63) is 17.7 Å². The summed E-state index contributed by atoms with van der Waals surface area (Å²) in [6.45, 7) is 2.13. The minimum atomic E-state index is -0.372. The fraction of sp³-hybridized carbons (Fsp3) is 0.600. The Labute approximate surface area is 83.9 Å². The first-order chi connectivity index (χ1) is 6.69. The summed E-state index contributed by atoms with van der Waals surface area (Å²) in [5.74, 6) is 0.565.